The van der Waals surface area contributed by atoms with E-state index in [1.807, 2.05) is 13.1 Å². The summed E-state index contributed by atoms with van der Waals surface area (Å²) in [7, 11) is 1.95. The van der Waals surface area contributed by atoms with E-state index in [4.69, 9.17) is 0 Å². The van der Waals surface area contributed by atoms with E-state index in [1.54, 1.807) is 28.7 Å². The zero-order valence-corrected chi connectivity index (χ0v) is 11.4. The van der Waals surface area contributed by atoms with Crippen molar-refractivity contribution in [2.24, 2.45) is 0 Å². The van der Waals surface area contributed by atoms with Crippen molar-refractivity contribution in [1.82, 2.24) is 5.32 Å². The SMILES string of the molecule is CNC(c1ccsc1)c1cc2cc(F)ccc2s1. The molecule has 1 atom stereocenters. The van der Waals surface area contributed by atoms with Crippen molar-refractivity contribution < 1.29 is 4.39 Å². The van der Waals surface area contributed by atoms with Gasteiger partial charge in [0.25, 0.3) is 0 Å². The molecule has 2 aromatic heterocycles. The van der Waals surface area contributed by atoms with Gasteiger partial charge in [0.05, 0.1) is 6.04 Å². The van der Waals surface area contributed by atoms with E-state index in [2.05, 4.69) is 28.2 Å². The first-order valence-corrected chi connectivity index (χ1v) is 7.42. The molecular weight excluding hydrogens is 265 g/mol. The zero-order valence-electron chi connectivity index (χ0n) is 9.81. The molecule has 1 N–H and O–H groups in total. The summed E-state index contributed by atoms with van der Waals surface area (Å²) in [6.07, 6.45) is 0. The normalized spacial score (nSPS) is 13.0. The molecule has 3 aromatic rings. The first kappa shape index (κ1) is 11.8. The van der Waals surface area contributed by atoms with Gasteiger partial charge in [-0.3, -0.25) is 0 Å². The average molecular weight is 277 g/mol. The largest absolute Gasteiger partial charge is 0.309 e. The highest BCUT2D eigenvalue weighted by molar-refractivity contribution is 7.19. The second-order valence-corrected chi connectivity index (χ2v) is 6.00. The van der Waals surface area contributed by atoms with E-state index in [1.165, 1.54) is 16.5 Å². The van der Waals surface area contributed by atoms with Crippen LogP contribution in [0.3, 0.4) is 0 Å². The van der Waals surface area contributed by atoms with Crippen LogP contribution in [-0.2, 0) is 0 Å². The summed E-state index contributed by atoms with van der Waals surface area (Å²) in [5.74, 6) is -0.177. The molecule has 1 aromatic carbocycles. The highest BCUT2D eigenvalue weighted by Gasteiger charge is 2.15. The Morgan fingerprint density at radius 3 is 2.83 bits per heavy atom. The van der Waals surface area contributed by atoms with Crippen LogP contribution in [-0.4, -0.2) is 7.05 Å². The summed E-state index contributed by atoms with van der Waals surface area (Å²) in [5, 5.41) is 8.52. The second-order valence-electron chi connectivity index (χ2n) is 4.11. The van der Waals surface area contributed by atoms with Crippen LogP contribution in [0.1, 0.15) is 16.5 Å². The van der Waals surface area contributed by atoms with Crippen LogP contribution in [0.15, 0.2) is 41.1 Å². The highest BCUT2D eigenvalue weighted by Crippen LogP contribution is 2.33. The maximum Gasteiger partial charge on any atom is 0.123 e. The lowest BCUT2D eigenvalue weighted by Gasteiger charge is -2.12. The quantitative estimate of drug-likeness (QED) is 0.747. The Labute approximate surface area is 113 Å². The number of rotatable bonds is 3. The molecule has 0 aliphatic heterocycles. The van der Waals surface area contributed by atoms with E-state index in [0.717, 1.165) is 10.1 Å². The van der Waals surface area contributed by atoms with Gasteiger partial charge in [-0.15, -0.1) is 11.3 Å². The molecule has 0 radical (unpaired) electrons. The van der Waals surface area contributed by atoms with Gasteiger partial charge >= 0.3 is 0 Å². The fourth-order valence-electron chi connectivity index (χ4n) is 2.09. The van der Waals surface area contributed by atoms with Gasteiger partial charge in [0, 0.05) is 9.58 Å². The van der Waals surface area contributed by atoms with Gasteiger partial charge in [-0.25, -0.2) is 4.39 Å². The molecule has 0 aliphatic rings. The minimum absolute atomic E-state index is 0.177. The Hall–Kier alpha value is -1.23. The lowest BCUT2D eigenvalue weighted by Crippen LogP contribution is -2.15. The Bertz CT molecular complexity index is 658. The van der Waals surface area contributed by atoms with Gasteiger partial charge in [-0.1, -0.05) is 0 Å². The Kier molecular flexibility index (Phi) is 3.16. The predicted octanol–water partition coefficient (Wildman–Crippen LogP) is 4.41. The molecule has 18 heavy (non-hydrogen) atoms. The van der Waals surface area contributed by atoms with Crippen molar-refractivity contribution in [2.75, 3.05) is 7.05 Å². The Morgan fingerprint density at radius 2 is 2.11 bits per heavy atom. The zero-order chi connectivity index (χ0) is 12.5. The minimum atomic E-state index is -0.177. The van der Waals surface area contributed by atoms with Gasteiger partial charge in [0.1, 0.15) is 5.82 Å². The van der Waals surface area contributed by atoms with Crippen LogP contribution < -0.4 is 5.32 Å². The molecule has 0 spiro atoms. The number of hydrogen-bond acceptors (Lipinski definition) is 3. The van der Waals surface area contributed by atoms with E-state index >= 15 is 0 Å². The smallest absolute Gasteiger partial charge is 0.123 e. The topological polar surface area (TPSA) is 12.0 Å². The monoisotopic (exact) mass is 277 g/mol. The van der Waals surface area contributed by atoms with E-state index < -0.39 is 0 Å². The standard InChI is InChI=1S/C14H12FNS2/c1-16-14(9-4-5-17-8-9)13-7-10-6-11(15)2-3-12(10)18-13/h2-8,14,16H,1H3. The molecule has 2 heterocycles. The van der Waals surface area contributed by atoms with Crippen LogP contribution in [0, 0.1) is 5.82 Å². The van der Waals surface area contributed by atoms with Crippen LogP contribution in [0.5, 0.6) is 0 Å². The molecule has 0 saturated heterocycles. The van der Waals surface area contributed by atoms with Gasteiger partial charge < -0.3 is 5.32 Å². The fraction of sp³-hybridized carbons (Fsp3) is 0.143. The molecular formula is C14H12FNS2. The van der Waals surface area contributed by atoms with Crippen molar-refractivity contribution in [3.63, 3.8) is 0 Å². The van der Waals surface area contributed by atoms with Crippen molar-refractivity contribution in [3.05, 3.63) is 57.3 Å². The third-order valence-electron chi connectivity index (χ3n) is 2.95. The molecule has 1 nitrogen and oxygen atoms in total. The number of nitrogens with one attached hydrogen (secondary N) is 1. The number of benzene rings is 1. The molecule has 0 fully saturated rings. The average Bonchev–Trinajstić information content (AvgIpc) is 2.98. The predicted molar refractivity (Wildman–Crippen MR) is 77.0 cm³/mol. The summed E-state index contributed by atoms with van der Waals surface area (Å²) in [5.41, 5.74) is 1.26. The van der Waals surface area contributed by atoms with Gasteiger partial charge in [-0.05, 0) is 59.1 Å². The summed E-state index contributed by atoms with van der Waals surface area (Å²) >= 11 is 3.40. The van der Waals surface area contributed by atoms with Crippen LogP contribution in [0.4, 0.5) is 4.39 Å². The van der Waals surface area contributed by atoms with Crippen molar-refractivity contribution in [1.29, 1.82) is 0 Å². The maximum atomic E-state index is 13.2. The fourth-order valence-corrected chi connectivity index (χ4v) is 3.96. The van der Waals surface area contributed by atoms with Crippen molar-refractivity contribution in [2.45, 2.75) is 6.04 Å². The number of fused-ring (bicyclic) bond motifs is 1. The van der Waals surface area contributed by atoms with Gasteiger partial charge in [-0.2, -0.15) is 11.3 Å². The number of thiophene rings is 2. The third kappa shape index (κ3) is 2.07. The molecule has 0 bridgehead atoms. The lowest BCUT2D eigenvalue weighted by molar-refractivity contribution is 0.630. The summed E-state index contributed by atoms with van der Waals surface area (Å²) in [6, 6.07) is 9.34. The molecule has 0 aliphatic carbocycles. The summed E-state index contributed by atoms with van der Waals surface area (Å²) < 4.78 is 14.3. The van der Waals surface area contributed by atoms with E-state index in [9.17, 15) is 4.39 Å². The molecule has 0 amide bonds. The Balaban J connectivity index is 2.07. The summed E-state index contributed by atoms with van der Waals surface area (Å²) in [4.78, 5) is 1.22. The molecule has 1 unspecified atom stereocenters. The van der Waals surface area contributed by atoms with Crippen LogP contribution in [0.2, 0.25) is 0 Å². The molecule has 0 saturated carbocycles. The van der Waals surface area contributed by atoms with Crippen molar-refractivity contribution in [3.8, 4) is 0 Å². The lowest BCUT2D eigenvalue weighted by atomic mass is 10.1. The first-order chi connectivity index (χ1) is 8.78. The summed E-state index contributed by atoms with van der Waals surface area (Å²) in [6.45, 7) is 0. The van der Waals surface area contributed by atoms with E-state index in [0.29, 0.717) is 0 Å². The van der Waals surface area contributed by atoms with E-state index in [-0.39, 0.29) is 11.9 Å². The molecule has 3 rings (SSSR count). The first-order valence-electron chi connectivity index (χ1n) is 5.66. The highest BCUT2D eigenvalue weighted by atomic mass is 32.1. The van der Waals surface area contributed by atoms with Gasteiger partial charge in [0.2, 0.25) is 0 Å². The van der Waals surface area contributed by atoms with Gasteiger partial charge in [0.15, 0.2) is 0 Å². The Morgan fingerprint density at radius 1 is 1.22 bits per heavy atom. The van der Waals surface area contributed by atoms with Crippen LogP contribution >= 0.6 is 22.7 Å². The number of hydrogen-bond donors (Lipinski definition) is 1. The third-order valence-corrected chi connectivity index (χ3v) is 4.83. The molecule has 4 heteroatoms. The number of halogens is 1. The maximum absolute atomic E-state index is 13.2. The molecule has 92 valence electrons. The van der Waals surface area contributed by atoms with Crippen molar-refractivity contribution >= 4 is 32.8 Å². The second kappa shape index (κ2) is 4.80. The minimum Gasteiger partial charge on any atom is -0.309 e. The van der Waals surface area contributed by atoms with Crippen LogP contribution in [0.25, 0.3) is 10.1 Å².